The maximum Gasteiger partial charge on any atom is 0.434 e. The maximum atomic E-state index is 12.1. The maximum absolute atomic E-state index is 12.1. The molecule has 0 spiro atoms. The largest absolute Gasteiger partial charge is 0.434 e. The van der Waals surface area contributed by atoms with E-state index in [1.807, 2.05) is 0 Å². The van der Waals surface area contributed by atoms with Gasteiger partial charge in [-0.05, 0) is 25.8 Å². The molecule has 14 heavy (non-hydrogen) atoms. The van der Waals surface area contributed by atoms with Crippen molar-refractivity contribution in [3.05, 3.63) is 16.1 Å². The topological polar surface area (TPSA) is 38.9 Å². The van der Waals surface area contributed by atoms with Crippen molar-refractivity contribution in [1.82, 2.24) is 4.98 Å². The Balaban J connectivity index is 2.51. The molecule has 0 unspecified atom stereocenters. The van der Waals surface area contributed by atoms with E-state index in [9.17, 15) is 13.2 Å². The number of unbranched alkanes of at least 4 members (excludes halogenated alkanes) is 1. The van der Waals surface area contributed by atoms with Crippen molar-refractivity contribution in [3.8, 4) is 0 Å². The summed E-state index contributed by atoms with van der Waals surface area (Å²) in [6.07, 6.45) is -2.12. The molecule has 0 aliphatic carbocycles. The molecule has 6 heteroatoms. The minimum absolute atomic E-state index is 0.533. The van der Waals surface area contributed by atoms with Crippen LogP contribution in [0.15, 0.2) is 5.38 Å². The molecule has 1 heterocycles. The van der Waals surface area contributed by atoms with Crippen LogP contribution in [0.1, 0.15) is 23.5 Å². The second kappa shape index (κ2) is 4.75. The summed E-state index contributed by atoms with van der Waals surface area (Å²) in [4.78, 5) is 3.51. The van der Waals surface area contributed by atoms with Crippen LogP contribution in [0.2, 0.25) is 0 Å². The zero-order valence-corrected chi connectivity index (χ0v) is 8.29. The number of aryl methyl sites for hydroxylation is 1. The Morgan fingerprint density at radius 2 is 2.07 bits per heavy atom. The fourth-order valence-electron chi connectivity index (χ4n) is 0.976. The van der Waals surface area contributed by atoms with E-state index in [1.54, 1.807) is 0 Å². The normalized spacial score (nSPS) is 12.0. The first-order valence-corrected chi connectivity index (χ1v) is 5.13. The van der Waals surface area contributed by atoms with Crippen LogP contribution in [-0.2, 0) is 12.6 Å². The zero-order chi connectivity index (χ0) is 10.6. The summed E-state index contributed by atoms with van der Waals surface area (Å²) in [7, 11) is 0. The molecule has 0 aliphatic heterocycles. The first kappa shape index (κ1) is 11.5. The molecular weight excluding hydrogens is 213 g/mol. The van der Waals surface area contributed by atoms with Crippen molar-refractivity contribution in [2.45, 2.75) is 25.4 Å². The number of thiazole rings is 1. The van der Waals surface area contributed by atoms with Crippen LogP contribution in [-0.4, -0.2) is 11.5 Å². The Labute approximate surface area is 84.0 Å². The molecule has 0 aliphatic rings. The second-order valence-corrected chi connectivity index (χ2v) is 3.81. The van der Waals surface area contributed by atoms with Gasteiger partial charge in [-0.15, -0.1) is 11.3 Å². The fraction of sp³-hybridized carbons (Fsp3) is 0.625. The van der Waals surface area contributed by atoms with Crippen LogP contribution in [0.3, 0.4) is 0 Å². The quantitative estimate of drug-likeness (QED) is 0.798. The number of nitrogens with zero attached hydrogens (tertiary/aromatic N) is 1. The number of rotatable bonds is 4. The molecule has 1 rings (SSSR count). The highest BCUT2D eigenvalue weighted by molar-refractivity contribution is 7.09. The molecular formula is C8H11F3N2S. The highest BCUT2D eigenvalue weighted by atomic mass is 32.1. The molecule has 1 aromatic rings. The monoisotopic (exact) mass is 224 g/mol. The van der Waals surface area contributed by atoms with Crippen molar-refractivity contribution in [1.29, 1.82) is 0 Å². The van der Waals surface area contributed by atoms with Crippen LogP contribution in [0.5, 0.6) is 0 Å². The molecule has 2 N–H and O–H groups in total. The summed E-state index contributed by atoms with van der Waals surface area (Å²) < 4.78 is 36.3. The number of alkyl halides is 3. The third-order valence-electron chi connectivity index (χ3n) is 1.69. The van der Waals surface area contributed by atoms with E-state index < -0.39 is 11.9 Å². The molecule has 0 saturated carbocycles. The van der Waals surface area contributed by atoms with Crippen molar-refractivity contribution in [3.63, 3.8) is 0 Å². The SMILES string of the molecule is NCCCCc1nc(C(F)(F)F)cs1. The van der Waals surface area contributed by atoms with E-state index in [0.717, 1.165) is 29.6 Å². The minimum Gasteiger partial charge on any atom is -0.330 e. The lowest BCUT2D eigenvalue weighted by Gasteiger charge is -1.99. The van der Waals surface area contributed by atoms with Gasteiger partial charge in [-0.25, -0.2) is 4.98 Å². The van der Waals surface area contributed by atoms with Gasteiger partial charge in [0.2, 0.25) is 0 Å². The van der Waals surface area contributed by atoms with Crippen molar-refractivity contribution >= 4 is 11.3 Å². The van der Waals surface area contributed by atoms with Crippen LogP contribution < -0.4 is 5.73 Å². The summed E-state index contributed by atoms with van der Waals surface area (Å²) in [5.41, 5.74) is 4.48. The highest BCUT2D eigenvalue weighted by Crippen LogP contribution is 2.30. The number of aromatic nitrogens is 1. The molecule has 0 fully saturated rings. The van der Waals surface area contributed by atoms with E-state index in [2.05, 4.69) is 4.98 Å². The van der Waals surface area contributed by atoms with Gasteiger partial charge >= 0.3 is 6.18 Å². The lowest BCUT2D eigenvalue weighted by Crippen LogP contribution is -2.05. The molecule has 0 atom stereocenters. The van der Waals surface area contributed by atoms with Crippen LogP contribution in [0.25, 0.3) is 0 Å². The van der Waals surface area contributed by atoms with Gasteiger partial charge in [-0.1, -0.05) is 0 Å². The average molecular weight is 224 g/mol. The zero-order valence-electron chi connectivity index (χ0n) is 7.47. The van der Waals surface area contributed by atoms with Gasteiger partial charge < -0.3 is 5.73 Å². The van der Waals surface area contributed by atoms with Crippen LogP contribution in [0, 0.1) is 0 Å². The molecule has 0 saturated heterocycles. The summed E-state index contributed by atoms with van der Waals surface area (Å²) in [5.74, 6) is 0. The first-order chi connectivity index (χ1) is 6.54. The molecule has 80 valence electrons. The average Bonchev–Trinajstić information content (AvgIpc) is 2.52. The number of hydrogen-bond donors (Lipinski definition) is 1. The Kier molecular flexibility index (Phi) is 3.88. The van der Waals surface area contributed by atoms with Crippen LogP contribution >= 0.6 is 11.3 Å². The summed E-state index contributed by atoms with van der Waals surface area (Å²) in [6, 6.07) is 0. The summed E-state index contributed by atoms with van der Waals surface area (Å²) >= 11 is 1.05. The predicted molar refractivity (Wildman–Crippen MR) is 49.1 cm³/mol. The minimum atomic E-state index is -4.32. The van der Waals surface area contributed by atoms with E-state index >= 15 is 0 Å². The van der Waals surface area contributed by atoms with E-state index in [-0.39, 0.29) is 0 Å². The van der Waals surface area contributed by atoms with Gasteiger partial charge in [0, 0.05) is 5.38 Å². The third-order valence-corrected chi connectivity index (χ3v) is 2.60. The molecule has 0 amide bonds. The van der Waals surface area contributed by atoms with E-state index in [1.165, 1.54) is 0 Å². The lowest BCUT2D eigenvalue weighted by atomic mass is 10.2. The van der Waals surface area contributed by atoms with Gasteiger partial charge in [0.15, 0.2) is 5.69 Å². The summed E-state index contributed by atoms with van der Waals surface area (Å²) in [6.45, 7) is 0.567. The molecule has 0 radical (unpaired) electrons. The number of halogens is 3. The Morgan fingerprint density at radius 3 is 2.57 bits per heavy atom. The van der Waals surface area contributed by atoms with E-state index in [4.69, 9.17) is 5.73 Å². The van der Waals surface area contributed by atoms with Gasteiger partial charge in [0.1, 0.15) is 0 Å². The first-order valence-electron chi connectivity index (χ1n) is 4.25. The number of hydrogen-bond acceptors (Lipinski definition) is 3. The lowest BCUT2D eigenvalue weighted by molar-refractivity contribution is -0.140. The standard InChI is InChI=1S/C8H11F3N2S/c9-8(10,11)6-5-14-7(13-6)3-1-2-4-12/h5H,1-4,12H2. The molecule has 0 bridgehead atoms. The fourth-order valence-corrected chi connectivity index (χ4v) is 1.82. The molecule has 1 aromatic heterocycles. The second-order valence-electron chi connectivity index (χ2n) is 2.87. The van der Waals surface area contributed by atoms with Crippen molar-refractivity contribution in [2.75, 3.05) is 6.54 Å². The highest BCUT2D eigenvalue weighted by Gasteiger charge is 2.33. The van der Waals surface area contributed by atoms with Crippen LogP contribution in [0.4, 0.5) is 13.2 Å². The van der Waals surface area contributed by atoms with Gasteiger partial charge in [0.25, 0.3) is 0 Å². The Bertz CT molecular complexity index is 282. The molecule has 2 nitrogen and oxygen atoms in total. The molecule has 0 aromatic carbocycles. The summed E-state index contributed by atoms with van der Waals surface area (Å²) in [5, 5.41) is 1.59. The Morgan fingerprint density at radius 1 is 1.36 bits per heavy atom. The van der Waals surface area contributed by atoms with Crippen molar-refractivity contribution < 1.29 is 13.2 Å². The van der Waals surface area contributed by atoms with Gasteiger partial charge in [0.05, 0.1) is 5.01 Å². The van der Waals surface area contributed by atoms with Crippen molar-refractivity contribution in [2.24, 2.45) is 5.73 Å². The number of nitrogens with two attached hydrogens (primary N) is 1. The predicted octanol–water partition coefficient (Wildman–Crippen LogP) is 2.44. The Hall–Kier alpha value is -0.620. The van der Waals surface area contributed by atoms with Gasteiger partial charge in [-0.3, -0.25) is 0 Å². The third kappa shape index (κ3) is 3.26. The van der Waals surface area contributed by atoms with Gasteiger partial charge in [-0.2, -0.15) is 13.2 Å². The van der Waals surface area contributed by atoms with E-state index in [0.29, 0.717) is 18.0 Å². The smallest absolute Gasteiger partial charge is 0.330 e.